The number of H-pyrrole nitrogens is 1. The van der Waals surface area contributed by atoms with Crippen LogP contribution < -0.4 is 0 Å². The fraction of sp³-hybridized carbons (Fsp3) is 0.500. The minimum Gasteiger partial charge on any atom is -0.476 e. The van der Waals surface area contributed by atoms with Crippen molar-refractivity contribution in [2.75, 3.05) is 0 Å². The maximum atomic E-state index is 10.9. The highest BCUT2D eigenvalue weighted by atomic mass is 16.4. The Kier molecular flexibility index (Phi) is 1.94. The van der Waals surface area contributed by atoms with Gasteiger partial charge in [0, 0.05) is 11.3 Å². The van der Waals surface area contributed by atoms with Gasteiger partial charge in [0.15, 0.2) is 5.69 Å². The van der Waals surface area contributed by atoms with Gasteiger partial charge in [-0.15, -0.1) is 0 Å². The van der Waals surface area contributed by atoms with Gasteiger partial charge in [0.05, 0.1) is 15.7 Å². The highest BCUT2D eigenvalue weighted by Crippen LogP contribution is 2.36. The van der Waals surface area contributed by atoms with Crippen LogP contribution in [0.2, 0.25) is 5.21 Å². The lowest BCUT2D eigenvalue weighted by molar-refractivity contribution is 0.0689. The molecule has 0 aromatic carbocycles. The SMILES string of the molecule is BC1(B)CCc2[nH]nc(C(=O)O)c2C1. The van der Waals surface area contributed by atoms with Gasteiger partial charge in [-0.2, -0.15) is 5.10 Å². The van der Waals surface area contributed by atoms with Gasteiger partial charge in [0.1, 0.15) is 0 Å². The number of hydrogen-bond donors (Lipinski definition) is 2. The molecule has 6 heteroatoms. The molecule has 1 aromatic rings. The number of aryl methyl sites for hydroxylation is 1. The van der Waals surface area contributed by atoms with Crippen LogP contribution in [-0.4, -0.2) is 37.0 Å². The average Bonchev–Trinajstić information content (AvgIpc) is 2.44. The van der Waals surface area contributed by atoms with Crippen molar-refractivity contribution in [3.05, 3.63) is 17.0 Å². The molecule has 4 nitrogen and oxygen atoms in total. The van der Waals surface area contributed by atoms with E-state index in [1.165, 1.54) is 0 Å². The Morgan fingerprint density at radius 3 is 2.93 bits per heavy atom. The number of nitrogens with one attached hydrogen (secondary N) is 1. The molecule has 0 bridgehead atoms. The van der Waals surface area contributed by atoms with E-state index in [4.69, 9.17) is 5.11 Å². The highest BCUT2D eigenvalue weighted by molar-refractivity contribution is 6.40. The zero-order valence-corrected chi connectivity index (χ0v) is 8.42. The van der Waals surface area contributed by atoms with E-state index in [1.807, 2.05) is 0 Å². The summed E-state index contributed by atoms with van der Waals surface area (Å²) in [7, 11) is 4.32. The number of carbonyl (C=O) groups is 1. The van der Waals surface area contributed by atoms with E-state index < -0.39 is 5.97 Å². The van der Waals surface area contributed by atoms with Crippen molar-refractivity contribution in [3.8, 4) is 0 Å². The third-order valence-corrected chi connectivity index (χ3v) is 2.86. The molecule has 0 radical (unpaired) electrons. The Labute approximate surface area is 83.9 Å². The molecule has 0 saturated heterocycles. The number of fused-ring (bicyclic) bond motifs is 1. The first-order chi connectivity index (χ1) is 6.49. The number of rotatable bonds is 1. The lowest BCUT2D eigenvalue weighted by Gasteiger charge is -2.29. The predicted molar refractivity (Wildman–Crippen MR) is 57.4 cm³/mol. The normalized spacial score (nSPS) is 18.9. The molecule has 72 valence electrons. The summed E-state index contributed by atoms with van der Waals surface area (Å²) in [6.07, 6.45) is 2.80. The maximum Gasteiger partial charge on any atom is 0.356 e. The van der Waals surface area contributed by atoms with Crippen LogP contribution in [0.3, 0.4) is 0 Å². The number of carboxylic acids is 1. The van der Waals surface area contributed by atoms with Crippen molar-refractivity contribution in [1.29, 1.82) is 0 Å². The summed E-state index contributed by atoms with van der Waals surface area (Å²) in [5.41, 5.74) is 2.10. The van der Waals surface area contributed by atoms with Crippen molar-refractivity contribution in [2.45, 2.75) is 24.5 Å². The van der Waals surface area contributed by atoms with Crippen LogP contribution in [0.5, 0.6) is 0 Å². The van der Waals surface area contributed by atoms with Crippen molar-refractivity contribution in [3.63, 3.8) is 0 Å². The van der Waals surface area contributed by atoms with Gasteiger partial charge in [-0.1, -0.05) is 11.6 Å². The minimum atomic E-state index is -0.930. The fourth-order valence-electron chi connectivity index (χ4n) is 2.01. The largest absolute Gasteiger partial charge is 0.476 e. The summed E-state index contributed by atoms with van der Waals surface area (Å²) in [6, 6.07) is 0. The standard InChI is InChI=1S/C8H12B2N2O2/c9-8(10)2-1-5-4(3-8)6(7(13)14)12-11-5/h1-3,9-10H2,(H,11,12)(H,13,14). The number of carboxylic acid groups (broad SMARTS) is 1. The van der Waals surface area contributed by atoms with Crippen LogP contribution >= 0.6 is 0 Å². The summed E-state index contributed by atoms with van der Waals surface area (Å²) in [4.78, 5) is 10.9. The number of nitrogens with zero attached hydrogens (tertiary/aromatic N) is 1. The van der Waals surface area contributed by atoms with E-state index in [2.05, 4.69) is 25.9 Å². The summed E-state index contributed by atoms with van der Waals surface area (Å²) in [5.74, 6) is -0.930. The number of aromatic amines is 1. The van der Waals surface area contributed by atoms with E-state index >= 15 is 0 Å². The third kappa shape index (κ3) is 1.45. The molecule has 0 atom stereocenters. The molecule has 1 aliphatic carbocycles. The quantitative estimate of drug-likeness (QED) is 0.556. The molecule has 0 unspecified atom stereocenters. The topological polar surface area (TPSA) is 66.0 Å². The molecule has 1 aliphatic rings. The van der Waals surface area contributed by atoms with Crippen molar-refractivity contribution >= 4 is 21.7 Å². The molecule has 2 rings (SSSR count). The van der Waals surface area contributed by atoms with Crippen molar-refractivity contribution < 1.29 is 9.90 Å². The molecule has 2 N–H and O–H groups in total. The van der Waals surface area contributed by atoms with Gasteiger partial charge >= 0.3 is 5.97 Å². The fourth-order valence-corrected chi connectivity index (χ4v) is 2.01. The average molecular weight is 190 g/mol. The van der Waals surface area contributed by atoms with Crippen LogP contribution in [-0.2, 0) is 12.8 Å². The first kappa shape index (κ1) is 9.37. The van der Waals surface area contributed by atoms with Crippen molar-refractivity contribution in [2.24, 2.45) is 0 Å². The first-order valence-corrected chi connectivity index (χ1v) is 4.79. The zero-order valence-electron chi connectivity index (χ0n) is 8.42. The lowest BCUT2D eigenvalue weighted by atomic mass is 9.48. The van der Waals surface area contributed by atoms with Crippen LogP contribution in [0.25, 0.3) is 0 Å². The Balaban J connectivity index is 2.42. The Hall–Kier alpha value is -1.19. The molecular formula is C8H12B2N2O2. The second-order valence-corrected chi connectivity index (χ2v) is 4.68. The molecular weight excluding hydrogens is 178 g/mol. The van der Waals surface area contributed by atoms with Crippen LogP contribution in [0.15, 0.2) is 0 Å². The van der Waals surface area contributed by atoms with Gasteiger partial charge < -0.3 is 5.11 Å². The predicted octanol–water partition coefficient (Wildman–Crippen LogP) is -1.02. The maximum absolute atomic E-state index is 10.9. The molecule has 0 aliphatic heterocycles. The zero-order chi connectivity index (χ0) is 10.3. The number of aromatic nitrogens is 2. The van der Waals surface area contributed by atoms with E-state index in [1.54, 1.807) is 0 Å². The Bertz CT molecular complexity index is 387. The second kappa shape index (κ2) is 2.90. The molecule has 1 aromatic heterocycles. The highest BCUT2D eigenvalue weighted by Gasteiger charge is 2.30. The third-order valence-electron chi connectivity index (χ3n) is 2.86. The van der Waals surface area contributed by atoms with E-state index in [0.29, 0.717) is 0 Å². The number of hydrogen-bond acceptors (Lipinski definition) is 2. The van der Waals surface area contributed by atoms with Crippen LogP contribution in [0.4, 0.5) is 0 Å². The number of aromatic carboxylic acids is 1. The molecule has 1 heterocycles. The molecule has 14 heavy (non-hydrogen) atoms. The summed E-state index contributed by atoms with van der Waals surface area (Å²) < 4.78 is 0. The van der Waals surface area contributed by atoms with E-state index in [9.17, 15) is 4.79 Å². The van der Waals surface area contributed by atoms with Gasteiger partial charge in [0.2, 0.25) is 0 Å². The molecule has 0 saturated carbocycles. The summed E-state index contributed by atoms with van der Waals surface area (Å²) in [6.45, 7) is 0. The Morgan fingerprint density at radius 1 is 1.57 bits per heavy atom. The second-order valence-electron chi connectivity index (χ2n) is 4.68. The van der Waals surface area contributed by atoms with Crippen LogP contribution in [0.1, 0.15) is 28.2 Å². The smallest absolute Gasteiger partial charge is 0.356 e. The van der Waals surface area contributed by atoms with Gasteiger partial charge in [-0.25, -0.2) is 4.79 Å². The monoisotopic (exact) mass is 190 g/mol. The Morgan fingerprint density at radius 2 is 2.29 bits per heavy atom. The van der Waals surface area contributed by atoms with Gasteiger partial charge in [-0.3, -0.25) is 5.10 Å². The first-order valence-electron chi connectivity index (χ1n) is 4.79. The molecule has 0 spiro atoms. The van der Waals surface area contributed by atoms with E-state index in [-0.39, 0.29) is 10.9 Å². The molecule has 0 fully saturated rings. The lowest BCUT2D eigenvalue weighted by Crippen LogP contribution is -2.23. The van der Waals surface area contributed by atoms with E-state index in [0.717, 1.165) is 30.5 Å². The van der Waals surface area contributed by atoms with Crippen molar-refractivity contribution in [1.82, 2.24) is 10.2 Å². The minimum absolute atomic E-state index is 0.196. The van der Waals surface area contributed by atoms with Gasteiger partial charge in [-0.05, 0) is 12.8 Å². The summed E-state index contributed by atoms with van der Waals surface area (Å²) >= 11 is 0. The molecule has 0 amide bonds. The summed E-state index contributed by atoms with van der Waals surface area (Å²) in [5, 5.41) is 15.8. The van der Waals surface area contributed by atoms with Crippen LogP contribution in [0, 0.1) is 0 Å². The van der Waals surface area contributed by atoms with Gasteiger partial charge in [0.25, 0.3) is 0 Å².